The molecule has 1 fully saturated rings. The van der Waals surface area contributed by atoms with Crippen molar-refractivity contribution in [3.8, 4) is 0 Å². The van der Waals surface area contributed by atoms with Gasteiger partial charge in [-0.25, -0.2) is 4.98 Å². The number of nitrogens with one attached hydrogen (secondary N) is 1. The van der Waals surface area contributed by atoms with Gasteiger partial charge in [-0.15, -0.1) is 0 Å². The number of carbonyl (C=O) groups excluding carboxylic acids is 1. The molecule has 0 aromatic carbocycles. The predicted octanol–water partition coefficient (Wildman–Crippen LogP) is 2.15. The van der Waals surface area contributed by atoms with Crippen LogP contribution in [0.1, 0.15) is 53.8 Å². The van der Waals surface area contributed by atoms with Crippen molar-refractivity contribution in [1.29, 1.82) is 0 Å². The molecule has 0 unspecified atom stereocenters. The summed E-state index contributed by atoms with van der Waals surface area (Å²) in [5.41, 5.74) is 2.16. The minimum Gasteiger partial charge on any atom is -0.360 e. The maximum Gasteiger partial charge on any atom is 0.271 e. The fourth-order valence-corrected chi connectivity index (χ4v) is 2.96. The molecule has 0 radical (unpaired) electrons. The summed E-state index contributed by atoms with van der Waals surface area (Å²) in [6, 6.07) is 2.04. The van der Waals surface area contributed by atoms with Crippen LogP contribution in [0.25, 0.3) is 0 Å². The van der Waals surface area contributed by atoms with Crippen LogP contribution in [0.5, 0.6) is 0 Å². The molecule has 1 amide bonds. The quantitative estimate of drug-likeness (QED) is 0.865. The third kappa shape index (κ3) is 4.63. The van der Waals surface area contributed by atoms with Crippen molar-refractivity contribution < 1.29 is 9.32 Å². The molecule has 7 heteroatoms. The molecule has 0 saturated carbocycles. The second-order valence-corrected chi connectivity index (χ2v) is 7.02. The van der Waals surface area contributed by atoms with Crippen LogP contribution in [0.15, 0.2) is 23.0 Å². The van der Waals surface area contributed by atoms with Crippen molar-refractivity contribution in [2.75, 3.05) is 19.6 Å². The minimum absolute atomic E-state index is 0.164. The monoisotopic (exact) mass is 343 g/mol. The molecule has 1 saturated heterocycles. The SMILES string of the molecule is Cc1cnc(C(=O)NC[C@H]2CCN(Cc3cc(C(C)C)no3)C2)cn1. The molecular formula is C18H25N5O2. The minimum atomic E-state index is -0.164. The molecule has 2 aromatic rings. The van der Waals surface area contributed by atoms with E-state index in [4.69, 9.17) is 4.52 Å². The summed E-state index contributed by atoms with van der Waals surface area (Å²) < 4.78 is 5.41. The summed E-state index contributed by atoms with van der Waals surface area (Å²) in [5, 5.41) is 7.06. The molecule has 25 heavy (non-hydrogen) atoms. The summed E-state index contributed by atoms with van der Waals surface area (Å²) in [7, 11) is 0. The average molecular weight is 343 g/mol. The first-order valence-corrected chi connectivity index (χ1v) is 8.76. The van der Waals surface area contributed by atoms with Gasteiger partial charge in [0.1, 0.15) is 5.69 Å². The molecule has 0 spiro atoms. The third-order valence-corrected chi connectivity index (χ3v) is 4.48. The average Bonchev–Trinajstić information content (AvgIpc) is 3.23. The Bertz CT molecular complexity index is 711. The largest absolute Gasteiger partial charge is 0.360 e. The lowest BCUT2D eigenvalue weighted by Crippen LogP contribution is -2.31. The summed E-state index contributed by atoms with van der Waals surface area (Å²) in [6.07, 6.45) is 4.18. The lowest BCUT2D eigenvalue weighted by atomic mass is 10.1. The molecule has 7 nitrogen and oxygen atoms in total. The Kier molecular flexibility index (Phi) is 5.43. The zero-order valence-electron chi connectivity index (χ0n) is 15.0. The Balaban J connectivity index is 1.44. The van der Waals surface area contributed by atoms with Gasteiger partial charge in [0.25, 0.3) is 5.91 Å². The van der Waals surface area contributed by atoms with Crippen LogP contribution >= 0.6 is 0 Å². The molecule has 1 aliphatic heterocycles. The van der Waals surface area contributed by atoms with E-state index in [0.29, 0.717) is 24.1 Å². The van der Waals surface area contributed by atoms with E-state index in [1.165, 1.54) is 6.20 Å². The molecule has 2 aromatic heterocycles. The number of amides is 1. The Morgan fingerprint density at radius 2 is 2.24 bits per heavy atom. The number of likely N-dealkylation sites (tertiary alicyclic amines) is 1. The second kappa shape index (κ2) is 7.74. The van der Waals surface area contributed by atoms with E-state index in [9.17, 15) is 4.79 Å². The molecule has 1 N–H and O–H groups in total. The Morgan fingerprint density at radius 3 is 2.92 bits per heavy atom. The number of aryl methyl sites for hydroxylation is 1. The predicted molar refractivity (Wildman–Crippen MR) is 93.1 cm³/mol. The van der Waals surface area contributed by atoms with E-state index in [2.05, 4.69) is 39.2 Å². The molecule has 3 rings (SSSR count). The van der Waals surface area contributed by atoms with E-state index >= 15 is 0 Å². The summed E-state index contributed by atoms with van der Waals surface area (Å²) >= 11 is 0. The number of hydrogen-bond donors (Lipinski definition) is 1. The fourth-order valence-electron chi connectivity index (χ4n) is 2.96. The van der Waals surface area contributed by atoms with Gasteiger partial charge in [-0.05, 0) is 31.7 Å². The van der Waals surface area contributed by atoms with Crippen molar-refractivity contribution in [3.63, 3.8) is 0 Å². The van der Waals surface area contributed by atoms with Crippen molar-refractivity contribution >= 4 is 5.91 Å². The second-order valence-electron chi connectivity index (χ2n) is 7.02. The Hall–Kier alpha value is -2.28. The molecule has 3 heterocycles. The number of rotatable bonds is 6. The Labute approximate surface area is 147 Å². The number of nitrogens with zero attached hydrogens (tertiary/aromatic N) is 4. The molecule has 134 valence electrons. The van der Waals surface area contributed by atoms with Gasteiger partial charge in [0.05, 0.1) is 24.1 Å². The zero-order valence-corrected chi connectivity index (χ0v) is 15.0. The van der Waals surface area contributed by atoms with Crippen molar-refractivity contribution in [3.05, 3.63) is 41.3 Å². The van der Waals surface area contributed by atoms with Crippen molar-refractivity contribution in [1.82, 2.24) is 25.3 Å². The normalized spacial score (nSPS) is 18.0. The smallest absolute Gasteiger partial charge is 0.271 e. The van der Waals surface area contributed by atoms with Gasteiger partial charge in [0.15, 0.2) is 5.76 Å². The van der Waals surface area contributed by atoms with Crippen LogP contribution in [0.3, 0.4) is 0 Å². The van der Waals surface area contributed by atoms with Crippen LogP contribution in [0.2, 0.25) is 0 Å². The maximum atomic E-state index is 12.1. The molecule has 1 atom stereocenters. The van der Waals surface area contributed by atoms with Gasteiger partial charge >= 0.3 is 0 Å². The standard InChI is InChI=1S/C18H25N5O2/c1-12(2)16-6-15(25-22-16)11-23-5-4-14(10-23)8-21-18(24)17-9-19-13(3)7-20-17/h6-7,9,12,14H,4-5,8,10-11H2,1-3H3,(H,21,24)/t14-/m1/s1. The van der Waals surface area contributed by atoms with E-state index < -0.39 is 0 Å². The first kappa shape index (κ1) is 17.5. The number of hydrogen-bond acceptors (Lipinski definition) is 6. The molecule has 1 aliphatic rings. The van der Waals surface area contributed by atoms with Gasteiger partial charge in [-0.3, -0.25) is 14.7 Å². The van der Waals surface area contributed by atoms with E-state index in [-0.39, 0.29) is 5.91 Å². The molecular weight excluding hydrogens is 318 g/mol. The van der Waals surface area contributed by atoms with Crippen LogP contribution in [0, 0.1) is 12.8 Å². The molecule has 0 aliphatic carbocycles. The first-order chi connectivity index (χ1) is 12.0. The highest BCUT2D eigenvalue weighted by Gasteiger charge is 2.24. The lowest BCUT2D eigenvalue weighted by molar-refractivity contribution is 0.0941. The van der Waals surface area contributed by atoms with Gasteiger partial charge in [0.2, 0.25) is 0 Å². The van der Waals surface area contributed by atoms with Gasteiger partial charge < -0.3 is 9.84 Å². The topological polar surface area (TPSA) is 84.2 Å². The van der Waals surface area contributed by atoms with E-state index in [1.807, 2.05) is 13.0 Å². The highest BCUT2D eigenvalue weighted by Crippen LogP contribution is 2.20. The van der Waals surface area contributed by atoms with Crippen LogP contribution < -0.4 is 5.32 Å². The number of aromatic nitrogens is 3. The highest BCUT2D eigenvalue weighted by molar-refractivity contribution is 5.91. The fraction of sp³-hybridized carbons (Fsp3) is 0.556. The van der Waals surface area contributed by atoms with Gasteiger partial charge in [0, 0.05) is 25.4 Å². The first-order valence-electron chi connectivity index (χ1n) is 8.76. The van der Waals surface area contributed by atoms with Crippen molar-refractivity contribution in [2.45, 2.75) is 39.7 Å². The maximum absolute atomic E-state index is 12.1. The van der Waals surface area contributed by atoms with Crippen molar-refractivity contribution in [2.24, 2.45) is 5.92 Å². The summed E-state index contributed by atoms with van der Waals surface area (Å²) in [6.45, 7) is 9.43. The van der Waals surface area contributed by atoms with E-state index in [0.717, 1.165) is 43.2 Å². The van der Waals surface area contributed by atoms with Gasteiger partial charge in [-0.2, -0.15) is 0 Å². The molecule has 0 bridgehead atoms. The van der Waals surface area contributed by atoms with Crippen LogP contribution in [0.4, 0.5) is 0 Å². The Morgan fingerprint density at radius 1 is 1.40 bits per heavy atom. The summed E-state index contributed by atoms with van der Waals surface area (Å²) in [4.78, 5) is 22.7. The number of carbonyl (C=O) groups is 1. The third-order valence-electron chi connectivity index (χ3n) is 4.48. The van der Waals surface area contributed by atoms with E-state index in [1.54, 1.807) is 6.20 Å². The zero-order chi connectivity index (χ0) is 17.8. The lowest BCUT2D eigenvalue weighted by Gasteiger charge is -2.14. The summed E-state index contributed by atoms with van der Waals surface area (Å²) in [5.74, 6) is 1.56. The van der Waals surface area contributed by atoms with Crippen LogP contribution in [-0.4, -0.2) is 45.6 Å². The van der Waals surface area contributed by atoms with Crippen LogP contribution in [-0.2, 0) is 6.54 Å². The highest BCUT2D eigenvalue weighted by atomic mass is 16.5. The van der Waals surface area contributed by atoms with Gasteiger partial charge in [-0.1, -0.05) is 19.0 Å².